The number of carbonyl (C=O) groups excluding carboxylic acids is 2. The van der Waals surface area contributed by atoms with Crippen LogP contribution in [0.5, 0.6) is 11.5 Å². The van der Waals surface area contributed by atoms with Crippen LogP contribution in [0.3, 0.4) is 0 Å². The Hall–Kier alpha value is -3.79. The van der Waals surface area contributed by atoms with E-state index in [1.807, 2.05) is 30.0 Å². The van der Waals surface area contributed by atoms with Gasteiger partial charge in [-0.3, -0.25) is 14.5 Å². The standard InChI is InChI=1S/C23H25N5O5/c1-14(21(29)24-15-6-7-16-17(12-15)26-23(31)25-16)27-8-10-28(11-9-27)22(30)20-13-32-18-4-2-3-5-19(18)33-20/h2-7,12,14,20H,8-11,13H2,1H3,(H,24,29)(H2,25,26,31)/t14-,20-/m0/s1. The molecule has 2 aliphatic rings. The largest absolute Gasteiger partial charge is 0.485 e. The average molecular weight is 451 g/mol. The Kier molecular flexibility index (Phi) is 5.51. The van der Waals surface area contributed by atoms with Gasteiger partial charge in [0.05, 0.1) is 17.1 Å². The quantitative estimate of drug-likeness (QED) is 0.548. The van der Waals surface area contributed by atoms with Crippen LogP contribution in [0.25, 0.3) is 11.0 Å². The van der Waals surface area contributed by atoms with Crippen molar-refractivity contribution in [3.8, 4) is 11.5 Å². The Labute approximate surface area is 189 Å². The Morgan fingerprint density at radius 3 is 2.55 bits per heavy atom. The third-order valence-electron chi connectivity index (χ3n) is 6.12. The van der Waals surface area contributed by atoms with Crippen molar-refractivity contribution >= 4 is 28.5 Å². The number of carbonyl (C=O) groups is 2. The number of aromatic amines is 2. The zero-order chi connectivity index (χ0) is 22.9. The number of anilines is 1. The fourth-order valence-corrected chi connectivity index (χ4v) is 4.20. The van der Waals surface area contributed by atoms with Crippen molar-refractivity contribution in [1.29, 1.82) is 0 Å². The second-order valence-electron chi connectivity index (χ2n) is 8.23. The van der Waals surface area contributed by atoms with Crippen LogP contribution in [-0.4, -0.2) is 76.5 Å². The number of aromatic nitrogens is 2. The van der Waals surface area contributed by atoms with Crippen molar-refractivity contribution in [2.75, 3.05) is 38.1 Å². The number of hydrogen-bond acceptors (Lipinski definition) is 6. The maximum atomic E-state index is 12.9. The van der Waals surface area contributed by atoms with Gasteiger partial charge in [-0.2, -0.15) is 0 Å². The minimum atomic E-state index is -0.665. The highest BCUT2D eigenvalue weighted by atomic mass is 16.6. The number of nitrogens with zero attached hydrogens (tertiary/aromatic N) is 2. The Balaban J connectivity index is 1.15. The number of nitrogens with one attached hydrogen (secondary N) is 3. The summed E-state index contributed by atoms with van der Waals surface area (Å²) >= 11 is 0. The lowest BCUT2D eigenvalue weighted by atomic mass is 10.2. The van der Waals surface area contributed by atoms with Gasteiger partial charge in [0.2, 0.25) is 12.0 Å². The molecule has 1 saturated heterocycles. The molecule has 10 heteroatoms. The van der Waals surface area contributed by atoms with E-state index in [4.69, 9.17) is 9.47 Å². The van der Waals surface area contributed by atoms with Crippen LogP contribution in [0, 0.1) is 0 Å². The summed E-state index contributed by atoms with van der Waals surface area (Å²) in [6, 6.07) is 12.2. The number of para-hydroxylation sites is 2. The van der Waals surface area contributed by atoms with Crippen molar-refractivity contribution in [2.24, 2.45) is 0 Å². The van der Waals surface area contributed by atoms with Crippen LogP contribution in [0.2, 0.25) is 0 Å². The SMILES string of the molecule is C[C@@H](C(=O)Nc1ccc2[nH]c(=O)[nH]c2c1)N1CCN(C(=O)[C@@H]2COc3ccccc3O2)CC1. The third kappa shape index (κ3) is 4.29. The minimum Gasteiger partial charge on any atom is -0.485 e. The summed E-state index contributed by atoms with van der Waals surface area (Å²) in [5.41, 5.74) is 1.64. The van der Waals surface area contributed by atoms with E-state index in [0.717, 1.165) is 0 Å². The summed E-state index contributed by atoms with van der Waals surface area (Å²) in [6.45, 7) is 4.20. The van der Waals surface area contributed by atoms with E-state index in [1.165, 1.54) is 0 Å². The van der Waals surface area contributed by atoms with E-state index in [-0.39, 0.29) is 30.2 Å². The monoisotopic (exact) mass is 451 g/mol. The summed E-state index contributed by atoms with van der Waals surface area (Å²) in [5, 5.41) is 2.90. The van der Waals surface area contributed by atoms with Gasteiger partial charge in [0.1, 0.15) is 6.61 Å². The van der Waals surface area contributed by atoms with E-state index >= 15 is 0 Å². The van der Waals surface area contributed by atoms with Crippen LogP contribution in [-0.2, 0) is 9.59 Å². The van der Waals surface area contributed by atoms with Crippen molar-refractivity contribution in [3.05, 3.63) is 52.9 Å². The molecular weight excluding hydrogens is 426 g/mol. The number of imidazole rings is 1. The second kappa shape index (κ2) is 8.62. The molecule has 3 heterocycles. The van der Waals surface area contributed by atoms with Crippen LogP contribution in [0.4, 0.5) is 5.69 Å². The fraction of sp³-hybridized carbons (Fsp3) is 0.348. The Morgan fingerprint density at radius 2 is 1.76 bits per heavy atom. The lowest BCUT2D eigenvalue weighted by Crippen LogP contribution is -2.57. The Bertz CT molecular complexity index is 1240. The molecule has 1 fully saturated rings. The first-order valence-corrected chi connectivity index (χ1v) is 10.9. The molecule has 2 atom stereocenters. The molecule has 0 bridgehead atoms. The lowest BCUT2D eigenvalue weighted by Gasteiger charge is -2.39. The van der Waals surface area contributed by atoms with E-state index in [0.29, 0.717) is 54.4 Å². The molecule has 33 heavy (non-hydrogen) atoms. The normalized spacial score (nSPS) is 19.3. The molecule has 0 aliphatic carbocycles. The summed E-state index contributed by atoms with van der Waals surface area (Å²) in [6.07, 6.45) is -0.665. The second-order valence-corrected chi connectivity index (χ2v) is 8.23. The van der Waals surface area contributed by atoms with Crippen molar-refractivity contribution in [3.63, 3.8) is 0 Å². The van der Waals surface area contributed by atoms with Gasteiger partial charge in [0, 0.05) is 31.9 Å². The van der Waals surface area contributed by atoms with E-state index in [9.17, 15) is 14.4 Å². The number of rotatable bonds is 4. The first kappa shape index (κ1) is 21.1. The number of hydrogen-bond donors (Lipinski definition) is 3. The molecule has 10 nitrogen and oxygen atoms in total. The predicted octanol–water partition coefficient (Wildman–Crippen LogP) is 1.17. The van der Waals surface area contributed by atoms with Crippen LogP contribution in [0.1, 0.15) is 6.92 Å². The molecule has 0 radical (unpaired) electrons. The van der Waals surface area contributed by atoms with E-state index < -0.39 is 6.10 Å². The molecule has 0 saturated carbocycles. The first-order valence-electron chi connectivity index (χ1n) is 10.9. The highest BCUT2D eigenvalue weighted by molar-refractivity contribution is 5.96. The van der Waals surface area contributed by atoms with Gasteiger partial charge in [0.25, 0.3) is 5.91 Å². The molecule has 3 N–H and O–H groups in total. The molecule has 2 amide bonds. The molecular formula is C23H25N5O5. The zero-order valence-corrected chi connectivity index (χ0v) is 18.2. The van der Waals surface area contributed by atoms with Crippen LogP contribution >= 0.6 is 0 Å². The average Bonchev–Trinajstić information content (AvgIpc) is 3.22. The number of H-pyrrole nitrogens is 2. The summed E-state index contributed by atoms with van der Waals surface area (Å²) in [5.74, 6) is 0.976. The molecule has 5 rings (SSSR count). The number of benzene rings is 2. The maximum Gasteiger partial charge on any atom is 0.323 e. The van der Waals surface area contributed by atoms with Crippen LogP contribution < -0.4 is 20.5 Å². The summed E-state index contributed by atoms with van der Waals surface area (Å²) in [7, 11) is 0. The zero-order valence-electron chi connectivity index (χ0n) is 18.2. The number of ether oxygens (including phenoxy) is 2. The number of piperazine rings is 1. The van der Waals surface area contributed by atoms with Crippen molar-refractivity contribution < 1.29 is 19.1 Å². The molecule has 3 aromatic rings. The lowest BCUT2D eigenvalue weighted by molar-refractivity contribution is -0.143. The number of fused-ring (bicyclic) bond motifs is 2. The highest BCUT2D eigenvalue weighted by Gasteiger charge is 2.34. The maximum absolute atomic E-state index is 12.9. The topological polar surface area (TPSA) is 120 Å². The van der Waals surface area contributed by atoms with Gasteiger partial charge in [-0.1, -0.05) is 12.1 Å². The summed E-state index contributed by atoms with van der Waals surface area (Å²) in [4.78, 5) is 46.3. The van der Waals surface area contributed by atoms with Crippen LogP contribution in [0.15, 0.2) is 47.3 Å². The van der Waals surface area contributed by atoms with Gasteiger partial charge in [-0.05, 0) is 37.3 Å². The van der Waals surface area contributed by atoms with Crippen molar-refractivity contribution in [1.82, 2.24) is 19.8 Å². The number of amides is 2. The van der Waals surface area contributed by atoms with Crippen molar-refractivity contribution in [2.45, 2.75) is 19.1 Å². The smallest absolute Gasteiger partial charge is 0.323 e. The van der Waals surface area contributed by atoms with E-state index in [1.54, 1.807) is 29.2 Å². The fourth-order valence-electron chi connectivity index (χ4n) is 4.20. The molecule has 2 aliphatic heterocycles. The molecule has 1 aromatic heterocycles. The molecule has 0 spiro atoms. The van der Waals surface area contributed by atoms with Gasteiger partial charge in [-0.15, -0.1) is 0 Å². The predicted molar refractivity (Wildman–Crippen MR) is 122 cm³/mol. The first-order chi connectivity index (χ1) is 16.0. The Morgan fingerprint density at radius 1 is 1.03 bits per heavy atom. The van der Waals surface area contributed by atoms with Gasteiger partial charge < -0.3 is 29.7 Å². The molecule has 0 unspecified atom stereocenters. The highest BCUT2D eigenvalue weighted by Crippen LogP contribution is 2.31. The third-order valence-corrected chi connectivity index (χ3v) is 6.12. The molecule has 2 aromatic carbocycles. The van der Waals surface area contributed by atoms with Gasteiger partial charge in [0.15, 0.2) is 11.5 Å². The van der Waals surface area contributed by atoms with Gasteiger partial charge in [-0.25, -0.2) is 4.79 Å². The summed E-state index contributed by atoms with van der Waals surface area (Å²) < 4.78 is 11.5. The minimum absolute atomic E-state index is 0.102. The van der Waals surface area contributed by atoms with E-state index in [2.05, 4.69) is 15.3 Å². The molecule has 172 valence electrons. The van der Waals surface area contributed by atoms with Gasteiger partial charge >= 0.3 is 5.69 Å².